The van der Waals surface area contributed by atoms with Crippen molar-refractivity contribution in [3.8, 4) is 11.5 Å². The van der Waals surface area contributed by atoms with Crippen molar-refractivity contribution in [3.05, 3.63) is 59.2 Å². The molecule has 1 heterocycles. The molecule has 0 spiro atoms. The van der Waals surface area contributed by atoms with Gasteiger partial charge in [0.15, 0.2) is 11.5 Å². The summed E-state index contributed by atoms with van der Waals surface area (Å²) in [6.07, 6.45) is 0.903. The lowest BCUT2D eigenvalue weighted by Gasteiger charge is -2.18. The van der Waals surface area contributed by atoms with E-state index in [2.05, 4.69) is 36.6 Å². The van der Waals surface area contributed by atoms with Crippen LogP contribution in [0.4, 0.5) is 0 Å². The SMILES string of the molecule is Cc1ccc(C(NN)c2ccc3c(c2)OCCCO3)cc1. The Bertz CT molecular complexity index is 611. The summed E-state index contributed by atoms with van der Waals surface area (Å²) >= 11 is 0. The van der Waals surface area contributed by atoms with Crippen molar-refractivity contribution < 1.29 is 9.47 Å². The summed E-state index contributed by atoms with van der Waals surface area (Å²) in [5, 5.41) is 0. The van der Waals surface area contributed by atoms with Crippen LogP contribution < -0.4 is 20.7 Å². The van der Waals surface area contributed by atoms with Gasteiger partial charge in [-0.15, -0.1) is 0 Å². The summed E-state index contributed by atoms with van der Waals surface area (Å²) in [4.78, 5) is 0. The van der Waals surface area contributed by atoms with Gasteiger partial charge < -0.3 is 9.47 Å². The first-order chi connectivity index (χ1) is 10.3. The Morgan fingerprint density at radius 3 is 2.33 bits per heavy atom. The van der Waals surface area contributed by atoms with E-state index >= 15 is 0 Å². The Morgan fingerprint density at radius 2 is 1.62 bits per heavy atom. The monoisotopic (exact) mass is 284 g/mol. The number of rotatable bonds is 3. The van der Waals surface area contributed by atoms with Crippen molar-refractivity contribution in [2.75, 3.05) is 13.2 Å². The van der Waals surface area contributed by atoms with Crippen LogP contribution in [-0.4, -0.2) is 13.2 Å². The van der Waals surface area contributed by atoms with E-state index in [1.807, 2.05) is 18.2 Å². The van der Waals surface area contributed by atoms with Crippen LogP contribution in [0.2, 0.25) is 0 Å². The third-order valence-corrected chi connectivity index (χ3v) is 3.68. The van der Waals surface area contributed by atoms with E-state index in [0.29, 0.717) is 13.2 Å². The number of benzene rings is 2. The molecule has 0 fully saturated rings. The second-order valence-electron chi connectivity index (χ2n) is 5.27. The molecule has 4 heteroatoms. The molecule has 0 aliphatic carbocycles. The molecule has 1 aliphatic rings. The first kappa shape index (κ1) is 13.9. The van der Waals surface area contributed by atoms with Gasteiger partial charge >= 0.3 is 0 Å². The summed E-state index contributed by atoms with van der Waals surface area (Å²) in [6, 6.07) is 14.3. The number of hydrogen-bond donors (Lipinski definition) is 2. The summed E-state index contributed by atoms with van der Waals surface area (Å²) in [5.74, 6) is 7.35. The summed E-state index contributed by atoms with van der Waals surface area (Å²) in [5.41, 5.74) is 6.29. The van der Waals surface area contributed by atoms with Crippen LogP contribution in [-0.2, 0) is 0 Å². The van der Waals surface area contributed by atoms with E-state index in [4.69, 9.17) is 15.3 Å². The fraction of sp³-hybridized carbons (Fsp3) is 0.294. The van der Waals surface area contributed by atoms with Crippen LogP contribution in [0.15, 0.2) is 42.5 Å². The fourth-order valence-corrected chi connectivity index (χ4v) is 2.50. The first-order valence-corrected chi connectivity index (χ1v) is 7.20. The van der Waals surface area contributed by atoms with E-state index in [9.17, 15) is 0 Å². The van der Waals surface area contributed by atoms with Gasteiger partial charge in [-0.25, -0.2) is 5.43 Å². The highest BCUT2D eigenvalue weighted by Gasteiger charge is 2.16. The van der Waals surface area contributed by atoms with Crippen molar-refractivity contribution in [1.29, 1.82) is 0 Å². The Kier molecular flexibility index (Phi) is 4.08. The molecule has 3 rings (SSSR count). The lowest BCUT2D eigenvalue weighted by atomic mass is 9.98. The molecular formula is C17H20N2O2. The van der Waals surface area contributed by atoms with Crippen LogP contribution in [0.25, 0.3) is 0 Å². The molecule has 1 aliphatic heterocycles. The highest BCUT2D eigenvalue weighted by atomic mass is 16.5. The van der Waals surface area contributed by atoms with E-state index in [-0.39, 0.29) is 6.04 Å². The van der Waals surface area contributed by atoms with Crippen molar-refractivity contribution in [3.63, 3.8) is 0 Å². The molecule has 0 bridgehead atoms. The second kappa shape index (κ2) is 6.16. The minimum Gasteiger partial charge on any atom is -0.490 e. The van der Waals surface area contributed by atoms with Gasteiger partial charge in [0.25, 0.3) is 0 Å². The van der Waals surface area contributed by atoms with Crippen LogP contribution in [0.1, 0.15) is 29.2 Å². The van der Waals surface area contributed by atoms with Crippen molar-refractivity contribution in [1.82, 2.24) is 5.43 Å². The zero-order valence-corrected chi connectivity index (χ0v) is 12.1. The predicted octanol–water partition coefficient (Wildman–Crippen LogP) is 2.71. The topological polar surface area (TPSA) is 56.5 Å². The highest BCUT2D eigenvalue weighted by Crippen LogP contribution is 2.33. The maximum absolute atomic E-state index is 5.76. The van der Waals surface area contributed by atoms with Gasteiger partial charge in [-0.2, -0.15) is 0 Å². The normalized spacial score (nSPS) is 15.3. The number of fused-ring (bicyclic) bond motifs is 1. The first-order valence-electron chi connectivity index (χ1n) is 7.20. The summed E-state index contributed by atoms with van der Waals surface area (Å²) < 4.78 is 11.4. The van der Waals surface area contributed by atoms with E-state index in [1.165, 1.54) is 5.56 Å². The Morgan fingerprint density at radius 1 is 0.952 bits per heavy atom. The van der Waals surface area contributed by atoms with Crippen molar-refractivity contribution >= 4 is 0 Å². The highest BCUT2D eigenvalue weighted by molar-refractivity contribution is 5.46. The third kappa shape index (κ3) is 3.01. The van der Waals surface area contributed by atoms with Crippen LogP contribution in [0.3, 0.4) is 0 Å². The molecule has 110 valence electrons. The smallest absolute Gasteiger partial charge is 0.161 e. The lowest BCUT2D eigenvalue weighted by Crippen LogP contribution is -2.28. The quantitative estimate of drug-likeness (QED) is 0.672. The van der Waals surface area contributed by atoms with Crippen LogP contribution >= 0.6 is 0 Å². The molecule has 0 amide bonds. The Balaban J connectivity index is 1.93. The average molecular weight is 284 g/mol. The molecule has 2 aromatic carbocycles. The molecular weight excluding hydrogens is 264 g/mol. The van der Waals surface area contributed by atoms with Gasteiger partial charge in [0, 0.05) is 6.42 Å². The standard InChI is InChI=1S/C17H20N2O2/c1-12-3-5-13(6-4-12)17(19-18)14-7-8-15-16(11-14)21-10-2-9-20-15/h3-8,11,17,19H,2,9-10,18H2,1H3. The van der Waals surface area contributed by atoms with Crippen molar-refractivity contribution in [2.24, 2.45) is 5.84 Å². The summed E-state index contributed by atoms with van der Waals surface area (Å²) in [7, 11) is 0. The minimum atomic E-state index is -0.0669. The Labute approximate surface area is 124 Å². The second-order valence-corrected chi connectivity index (χ2v) is 5.27. The van der Waals surface area contributed by atoms with E-state index in [1.54, 1.807) is 0 Å². The maximum atomic E-state index is 5.76. The average Bonchev–Trinajstić information content (AvgIpc) is 2.75. The van der Waals surface area contributed by atoms with Crippen molar-refractivity contribution in [2.45, 2.75) is 19.4 Å². The fourth-order valence-electron chi connectivity index (χ4n) is 2.50. The third-order valence-electron chi connectivity index (χ3n) is 3.68. The van der Waals surface area contributed by atoms with Gasteiger partial charge in [0.2, 0.25) is 0 Å². The maximum Gasteiger partial charge on any atom is 0.161 e. The molecule has 0 saturated heterocycles. The number of aryl methyl sites for hydroxylation is 1. The summed E-state index contributed by atoms with van der Waals surface area (Å²) in [6.45, 7) is 3.45. The zero-order chi connectivity index (χ0) is 14.7. The van der Waals surface area contributed by atoms with Crippen LogP contribution in [0, 0.1) is 6.92 Å². The number of nitrogens with one attached hydrogen (secondary N) is 1. The van der Waals surface area contributed by atoms with Gasteiger partial charge in [-0.05, 0) is 30.2 Å². The molecule has 0 aromatic heterocycles. The lowest BCUT2D eigenvalue weighted by molar-refractivity contribution is 0.297. The predicted molar refractivity (Wildman–Crippen MR) is 82.4 cm³/mol. The van der Waals surface area contributed by atoms with Gasteiger partial charge in [0.1, 0.15) is 0 Å². The number of ether oxygens (including phenoxy) is 2. The molecule has 2 aromatic rings. The Hall–Kier alpha value is -2.04. The van der Waals surface area contributed by atoms with Gasteiger partial charge in [0.05, 0.1) is 19.3 Å². The molecule has 1 unspecified atom stereocenters. The minimum absolute atomic E-state index is 0.0669. The molecule has 21 heavy (non-hydrogen) atoms. The molecule has 1 atom stereocenters. The number of hydrogen-bond acceptors (Lipinski definition) is 4. The number of hydrazine groups is 1. The molecule has 0 saturated carbocycles. The zero-order valence-electron chi connectivity index (χ0n) is 12.1. The molecule has 3 N–H and O–H groups in total. The van der Waals surface area contributed by atoms with Gasteiger partial charge in [-0.1, -0.05) is 35.9 Å². The largest absolute Gasteiger partial charge is 0.490 e. The van der Waals surface area contributed by atoms with Crippen LogP contribution in [0.5, 0.6) is 11.5 Å². The van der Waals surface area contributed by atoms with E-state index in [0.717, 1.165) is 29.0 Å². The molecule has 4 nitrogen and oxygen atoms in total. The van der Waals surface area contributed by atoms with Gasteiger partial charge in [-0.3, -0.25) is 5.84 Å². The molecule has 0 radical (unpaired) electrons. The number of nitrogens with two attached hydrogens (primary N) is 1. The van der Waals surface area contributed by atoms with E-state index < -0.39 is 0 Å².